The molecule has 142 valence electrons. The van der Waals surface area contributed by atoms with Crippen LogP contribution in [-0.4, -0.2) is 23.5 Å². The van der Waals surface area contributed by atoms with E-state index in [1.807, 2.05) is 0 Å². The smallest absolute Gasteiger partial charge is 0.416 e. The van der Waals surface area contributed by atoms with Gasteiger partial charge in [0.05, 0.1) is 5.56 Å². The van der Waals surface area contributed by atoms with Gasteiger partial charge in [-0.05, 0) is 35.7 Å². The molecule has 2 aromatic carbocycles. The third-order valence-electron chi connectivity index (χ3n) is 4.78. The Balaban J connectivity index is 1.75. The van der Waals surface area contributed by atoms with E-state index >= 15 is 0 Å². The number of carbonyl (C=O) groups excluding carboxylic acids is 1. The fraction of sp³-hybridized carbons (Fsp3) is 0.300. The fourth-order valence-corrected chi connectivity index (χ4v) is 3.36. The SMILES string of the molecule is CC(Cc1ccc(C(F)(F)F)cc1)C(=O)N1CC(C(=O)O)c2ccccc21. The van der Waals surface area contributed by atoms with Gasteiger partial charge in [-0.3, -0.25) is 9.59 Å². The number of fused-ring (bicyclic) bond motifs is 1. The highest BCUT2D eigenvalue weighted by atomic mass is 19.4. The Morgan fingerprint density at radius 2 is 1.78 bits per heavy atom. The molecule has 1 aliphatic heterocycles. The minimum atomic E-state index is -4.40. The van der Waals surface area contributed by atoms with Crippen LogP contribution in [0.4, 0.5) is 18.9 Å². The Morgan fingerprint density at radius 1 is 1.15 bits per heavy atom. The molecule has 2 atom stereocenters. The van der Waals surface area contributed by atoms with Crippen molar-refractivity contribution in [3.05, 3.63) is 65.2 Å². The Kier molecular flexibility index (Phi) is 4.95. The third-order valence-corrected chi connectivity index (χ3v) is 4.78. The predicted octanol–water partition coefficient (Wildman–Crippen LogP) is 4.10. The normalized spacial score (nSPS) is 17.5. The van der Waals surface area contributed by atoms with Crippen molar-refractivity contribution in [3.8, 4) is 0 Å². The molecule has 0 saturated heterocycles. The van der Waals surface area contributed by atoms with Crippen molar-refractivity contribution < 1.29 is 27.9 Å². The molecular weight excluding hydrogens is 359 g/mol. The van der Waals surface area contributed by atoms with Crippen molar-refractivity contribution in [3.63, 3.8) is 0 Å². The second-order valence-corrected chi connectivity index (χ2v) is 6.70. The van der Waals surface area contributed by atoms with Crippen LogP contribution in [0.5, 0.6) is 0 Å². The van der Waals surface area contributed by atoms with Crippen molar-refractivity contribution in [2.75, 3.05) is 11.4 Å². The summed E-state index contributed by atoms with van der Waals surface area (Å²) in [5.74, 6) is -2.51. The van der Waals surface area contributed by atoms with Crippen molar-refractivity contribution in [2.24, 2.45) is 5.92 Å². The van der Waals surface area contributed by atoms with Crippen LogP contribution in [0.2, 0.25) is 0 Å². The van der Waals surface area contributed by atoms with Gasteiger partial charge >= 0.3 is 12.1 Å². The highest BCUT2D eigenvalue weighted by Gasteiger charge is 2.37. The van der Waals surface area contributed by atoms with Crippen molar-refractivity contribution >= 4 is 17.6 Å². The van der Waals surface area contributed by atoms with Gasteiger partial charge in [-0.2, -0.15) is 13.2 Å². The summed E-state index contributed by atoms with van der Waals surface area (Å²) in [5.41, 5.74) is 1.06. The van der Waals surface area contributed by atoms with E-state index in [0.717, 1.165) is 12.1 Å². The zero-order valence-corrected chi connectivity index (χ0v) is 14.5. The summed E-state index contributed by atoms with van der Waals surface area (Å²) in [6.45, 7) is 1.75. The lowest BCUT2D eigenvalue weighted by Crippen LogP contribution is -2.36. The summed E-state index contributed by atoms with van der Waals surface area (Å²) < 4.78 is 37.9. The highest BCUT2D eigenvalue weighted by molar-refractivity contribution is 6.00. The molecular formula is C20H18F3NO3. The molecule has 27 heavy (non-hydrogen) atoms. The summed E-state index contributed by atoms with van der Waals surface area (Å²) in [6, 6.07) is 11.6. The first-order valence-electron chi connectivity index (χ1n) is 8.47. The number of halogens is 3. The van der Waals surface area contributed by atoms with Crippen LogP contribution >= 0.6 is 0 Å². The fourth-order valence-electron chi connectivity index (χ4n) is 3.36. The lowest BCUT2D eigenvalue weighted by atomic mass is 9.98. The van der Waals surface area contributed by atoms with Gasteiger partial charge in [0.2, 0.25) is 5.91 Å². The summed E-state index contributed by atoms with van der Waals surface area (Å²) >= 11 is 0. The van der Waals surface area contributed by atoms with Crippen LogP contribution in [-0.2, 0) is 22.2 Å². The number of hydrogen-bond acceptors (Lipinski definition) is 2. The van der Waals surface area contributed by atoms with Gasteiger partial charge in [-0.1, -0.05) is 37.3 Å². The van der Waals surface area contributed by atoms with E-state index < -0.39 is 29.5 Å². The molecule has 4 nitrogen and oxygen atoms in total. The Bertz CT molecular complexity index is 862. The molecule has 1 heterocycles. The second kappa shape index (κ2) is 7.06. The van der Waals surface area contributed by atoms with E-state index in [1.54, 1.807) is 31.2 Å². The zero-order valence-electron chi connectivity index (χ0n) is 14.5. The number of hydrogen-bond donors (Lipinski definition) is 1. The van der Waals surface area contributed by atoms with Crippen molar-refractivity contribution in [1.29, 1.82) is 0 Å². The number of rotatable bonds is 4. The van der Waals surface area contributed by atoms with Crippen molar-refractivity contribution in [2.45, 2.75) is 25.4 Å². The van der Waals surface area contributed by atoms with Crippen LogP contribution in [0.25, 0.3) is 0 Å². The van der Waals surface area contributed by atoms with Gasteiger partial charge in [0.15, 0.2) is 0 Å². The predicted molar refractivity (Wildman–Crippen MR) is 93.5 cm³/mol. The van der Waals surface area contributed by atoms with Gasteiger partial charge < -0.3 is 10.0 Å². The molecule has 0 bridgehead atoms. The Labute approximate surface area is 154 Å². The van der Waals surface area contributed by atoms with Gasteiger partial charge in [0, 0.05) is 18.2 Å². The summed E-state index contributed by atoms with van der Waals surface area (Å²) in [6.07, 6.45) is -4.13. The molecule has 0 aliphatic carbocycles. The minimum Gasteiger partial charge on any atom is -0.481 e. The lowest BCUT2D eigenvalue weighted by Gasteiger charge is -2.22. The van der Waals surface area contributed by atoms with Gasteiger partial charge in [0.1, 0.15) is 5.92 Å². The number of carboxylic acids is 1. The largest absolute Gasteiger partial charge is 0.481 e. The van der Waals surface area contributed by atoms with E-state index in [1.165, 1.54) is 17.0 Å². The molecule has 7 heteroatoms. The van der Waals surface area contributed by atoms with E-state index in [-0.39, 0.29) is 18.9 Å². The van der Waals surface area contributed by atoms with Gasteiger partial charge in [-0.15, -0.1) is 0 Å². The maximum Gasteiger partial charge on any atom is 0.416 e. The van der Waals surface area contributed by atoms with Crippen LogP contribution < -0.4 is 4.90 Å². The van der Waals surface area contributed by atoms with Gasteiger partial charge in [0.25, 0.3) is 0 Å². The number of carboxylic acid groups (broad SMARTS) is 1. The van der Waals surface area contributed by atoms with Crippen LogP contribution in [0.3, 0.4) is 0 Å². The van der Waals surface area contributed by atoms with Gasteiger partial charge in [-0.25, -0.2) is 0 Å². The van der Waals surface area contributed by atoms with E-state index in [9.17, 15) is 27.9 Å². The third kappa shape index (κ3) is 3.82. The molecule has 2 aromatic rings. The number of aliphatic carboxylic acids is 1. The first kappa shape index (κ1) is 18.9. The molecule has 3 rings (SSSR count). The topological polar surface area (TPSA) is 57.6 Å². The number of alkyl halides is 3. The van der Waals surface area contributed by atoms with Crippen molar-refractivity contribution in [1.82, 2.24) is 0 Å². The molecule has 1 amide bonds. The number of nitrogens with zero attached hydrogens (tertiary/aromatic N) is 1. The number of anilines is 1. The first-order chi connectivity index (χ1) is 12.7. The Hall–Kier alpha value is -2.83. The molecule has 0 fully saturated rings. The average molecular weight is 377 g/mol. The maximum atomic E-state index is 12.9. The molecule has 0 saturated carbocycles. The molecule has 0 spiro atoms. The van der Waals surface area contributed by atoms with Crippen LogP contribution in [0.1, 0.15) is 29.5 Å². The minimum absolute atomic E-state index is 0.0604. The molecule has 1 N–H and O–H groups in total. The average Bonchev–Trinajstić information content (AvgIpc) is 3.00. The summed E-state index contributed by atoms with van der Waals surface area (Å²) in [5, 5.41) is 9.40. The monoisotopic (exact) mass is 377 g/mol. The Morgan fingerprint density at radius 3 is 2.37 bits per heavy atom. The van der Waals surface area contributed by atoms with E-state index in [2.05, 4.69) is 0 Å². The standard InChI is InChI=1S/C20H18F3NO3/c1-12(10-13-6-8-14(9-7-13)20(21,22)23)18(25)24-11-16(19(26)27)15-4-2-3-5-17(15)24/h2-9,12,16H,10-11H2,1H3,(H,26,27). The first-order valence-corrected chi connectivity index (χ1v) is 8.47. The highest BCUT2D eigenvalue weighted by Crippen LogP contribution is 2.37. The number of amides is 1. The van der Waals surface area contributed by atoms with E-state index in [4.69, 9.17) is 0 Å². The van der Waals surface area contributed by atoms with E-state index in [0.29, 0.717) is 16.8 Å². The summed E-state index contributed by atoms with van der Waals surface area (Å²) in [7, 11) is 0. The molecule has 2 unspecified atom stereocenters. The molecule has 0 radical (unpaired) electrons. The quantitative estimate of drug-likeness (QED) is 0.873. The second-order valence-electron chi connectivity index (χ2n) is 6.70. The number of carbonyl (C=O) groups is 2. The molecule has 0 aromatic heterocycles. The summed E-state index contributed by atoms with van der Waals surface area (Å²) in [4.78, 5) is 25.8. The number of para-hydroxylation sites is 1. The number of benzene rings is 2. The lowest BCUT2D eigenvalue weighted by molar-refractivity contribution is -0.139. The molecule has 1 aliphatic rings. The van der Waals surface area contributed by atoms with Crippen LogP contribution in [0.15, 0.2) is 48.5 Å². The maximum absolute atomic E-state index is 12.9. The van der Waals surface area contributed by atoms with Crippen LogP contribution in [0, 0.1) is 5.92 Å². The zero-order chi connectivity index (χ0) is 19.8.